The second kappa shape index (κ2) is 5.41. The molecular weight excluding hydrogens is 304 g/mol. The van der Waals surface area contributed by atoms with Crippen molar-refractivity contribution < 1.29 is 17.9 Å². The van der Waals surface area contributed by atoms with Crippen molar-refractivity contribution >= 4 is 33.6 Å². The quantitative estimate of drug-likeness (QED) is 0.917. The fourth-order valence-electron chi connectivity index (χ4n) is 1.63. The lowest BCUT2D eigenvalue weighted by atomic mass is 10.1. The van der Waals surface area contributed by atoms with Crippen LogP contribution in [0.3, 0.4) is 0 Å². The summed E-state index contributed by atoms with van der Waals surface area (Å²) in [5.41, 5.74) is 0. The van der Waals surface area contributed by atoms with Gasteiger partial charge in [-0.1, -0.05) is 25.4 Å². The highest BCUT2D eigenvalue weighted by molar-refractivity contribution is 7.90. The van der Waals surface area contributed by atoms with E-state index in [0.717, 1.165) is 0 Å². The van der Waals surface area contributed by atoms with Gasteiger partial charge in [0.05, 0.1) is 4.90 Å². The van der Waals surface area contributed by atoms with Crippen molar-refractivity contribution in [2.75, 3.05) is 0 Å². The van der Waals surface area contributed by atoms with Gasteiger partial charge in [-0.25, -0.2) is 0 Å². The van der Waals surface area contributed by atoms with E-state index in [4.69, 9.17) is 16.3 Å². The Morgan fingerprint density at radius 1 is 1.30 bits per heavy atom. The summed E-state index contributed by atoms with van der Waals surface area (Å²) < 4.78 is 32.7. The van der Waals surface area contributed by atoms with Crippen LogP contribution >= 0.6 is 11.6 Å². The summed E-state index contributed by atoms with van der Waals surface area (Å²) in [6.07, 6.45) is -0.728. The average Bonchev–Trinajstić information content (AvgIpc) is 2.70. The molecule has 0 radical (unpaired) electrons. The van der Waals surface area contributed by atoms with Crippen LogP contribution in [0, 0.1) is 5.92 Å². The highest BCUT2D eigenvalue weighted by atomic mass is 35.5. The van der Waals surface area contributed by atoms with Gasteiger partial charge >= 0.3 is 6.02 Å². The zero-order chi connectivity index (χ0) is 14.9. The van der Waals surface area contributed by atoms with Gasteiger partial charge in [0, 0.05) is 5.02 Å². The topological polar surface area (TPSA) is 84.8 Å². The molecular formula is C12H13ClN2O4S. The van der Waals surface area contributed by atoms with Gasteiger partial charge in [0.25, 0.3) is 15.9 Å². The van der Waals surface area contributed by atoms with Crippen molar-refractivity contribution in [3.63, 3.8) is 0 Å². The summed E-state index contributed by atoms with van der Waals surface area (Å²) in [4.78, 5) is 11.5. The number of nitrogens with zero attached hydrogens (tertiary/aromatic N) is 1. The maximum absolute atomic E-state index is 12.0. The summed E-state index contributed by atoms with van der Waals surface area (Å²) in [6, 6.07) is 5.25. The van der Waals surface area contributed by atoms with E-state index in [9.17, 15) is 13.2 Å². The molecule has 1 heterocycles. The molecule has 6 nitrogen and oxygen atoms in total. The van der Waals surface area contributed by atoms with E-state index < -0.39 is 22.0 Å². The smallest absolute Gasteiger partial charge is 0.308 e. The van der Waals surface area contributed by atoms with Gasteiger partial charge in [0.2, 0.25) is 0 Å². The number of carbonyl (C=O) groups excluding carboxylic acids is 1. The number of halogens is 1. The predicted octanol–water partition coefficient (Wildman–Crippen LogP) is 1.56. The van der Waals surface area contributed by atoms with Crippen LogP contribution in [-0.4, -0.2) is 26.5 Å². The van der Waals surface area contributed by atoms with Crippen molar-refractivity contribution in [1.29, 1.82) is 0 Å². The van der Waals surface area contributed by atoms with Crippen LogP contribution in [0.1, 0.15) is 13.8 Å². The van der Waals surface area contributed by atoms with Crippen LogP contribution in [0.5, 0.6) is 0 Å². The molecule has 1 saturated heterocycles. The van der Waals surface area contributed by atoms with Gasteiger partial charge in [-0.2, -0.15) is 8.42 Å². The Balaban J connectivity index is 2.27. The van der Waals surface area contributed by atoms with Crippen LogP contribution in [0.15, 0.2) is 33.6 Å². The third-order valence-electron chi connectivity index (χ3n) is 2.65. The average molecular weight is 317 g/mol. The molecule has 1 aliphatic rings. The number of carbonyl (C=O) groups is 1. The van der Waals surface area contributed by atoms with E-state index in [-0.39, 0.29) is 16.8 Å². The molecule has 0 bridgehead atoms. The van der Waals surface area contributed by atoms with Crippen molar-refractivity contribution in [3.8, 4) is 0 Å². The second-order valence-corrected chi connectivity index (χ2v) is 6.64. The first-order chi connectivity index (χ1) is 9.29. The first kappa shape index (κ1) is 14.8. The number of amidine groups is 1. The van der Waals surface area contributed by atoms with E-state index in [1.165, 1.54) is 24.3 Å². The third-order valence-corrected chi connectivity index (χ3v) is 4.17. The highest BCUT2D eigenvalue weighted by Gasteiger charge is 2.34. The number of sulfonamides is 1. The van der Waals surface area contributed by atoms with Gasteiger partial charge in [-0.15, -0.1) is 4.40 Å². The standard InChI is InChI=1S/C12H13ClN2O4S/c1-7(2)10-11(16)14-12(19-10)15-20(17,18)9-5-3-8(13)4-6-9/h3-7,10H,1-2H3,(H,14,15,16)/t10-/m0/s1. The molecule has 1 amide bonds. The number of rotatable bonds is 3. The molecule has 0 aromatic heterocycles. The van der Waals surface area contributed by atoms with E-state index >= 15 is 0 Å². The Kier molecular flexibility index (Phi) is 4.01. The normalized spacial score (nSPS) is 21.1. The Hall–Kier alpha value is -1.60. The van der Waals surface area contributed by atoms with Crippen molar-refractivity contribution in [2.45, 2.75) is 24.8 Å². The molecule has 20 heavy (non-hydrogen) atoms. The Bertz CT molecular complexity index is 653. The maximum Gasteiger partial charge on any atom is 0.308 e. The zero-order valence-electron chi connectivity index (χ0n) is 10.8. The molecule has 108 valence electrons. The SMILES string of the molecule is CC(C)[C@@H]1OC(=NS(=O)(=O)c2ccc(Cl)cc2)NC1=O. The molecule has 1 aliphatic heterocycles. The second-order valence-electron chi connectivity index (χ2n) is 4.60. The molecule has 0 saturated carbocycles. The minimum absolute atomic E-state index is 0.0276. The fraction of sp³-hybridized carbons (Fsp3) is 0.333. The fourth-order valence-corrected chi connectivity index (χ4v) is 2.65. The largest absolute Gasteiger partial charge is 0.451 e. The number of hydrogen-bond acceptors (Lipinski definition) is 4. The summed E-state index contributed by atoms with van der Waals surface area (Å²) in [5.74, 6) is -0.481. The summed E-state index contributed by atoms with van der Waals surface area (Å²) in [6.45, 7) is 3.59. The monoisotopic (exact) mass is 316 g/mol. The molecule has 1 aromatic rings. The Morgan fingerprint density at radius 2 is 1.90 bits per heavy atom. The first-order valence-electron chi connectivity index (χ1n) is 5.87. The molecule has 1 aromatic carbocycles. The van der Waals surface area contributed by atoms with Gasteiger partial charge in [-0.3, -0.25) is 10.1 Å². The van der Waals surface area contributed by atoms with Crippen LogP contribution in [0.2, 0.25) is 5.02 Å². The Labute approximate surface area is 121 Å². The molecule has 0 unspecified atom stereocenters. The maximum atomic E-state index is 12.0. The number of nitrogens with one attached hydrogen (secondary N) is 1. The minimum atomic E-state index is -3.94. The van der Waals surface area contributed by atoms with Crippen LogP contribution < -0.4 is 5.32 Å². The van der Waals surface area contributed by atoms with Gasteiger partial charge < -0.3 is 4.74 Å². The predicted molar refractivity (Wildman–Crippen MR) is 73.9 cm³/mol. The Morgan fingerprint density at radius 3 is 2.40 bits per heavy atom. The molecule has 2 rings (SSSR count). The van der Waals surface area contributed by atoms with Crippen molar-refractivity contribution in [1.82, 2.24) is 5.32 Å². The first-order valence-corrected chi connectivity index (χ1v) is 7.69. The zero-order valence-corrected chi connectivity index (χ0v) is 12.4. The van der Waals surface area contributed by atoms with E-state index in [2.05, 4.69) is 9.71 Å². The molecule has 0 spiro atoms. The highest BCUT2D eigenvalue weighted by Crippen LogP contribution is 2.18. The van der Waals surface area contributed by atoms with Gasteiger partial charge in [-0.05, 0) is 30.2 Å². The van der Waals surface area contributed by atoms with E-state index in [1.807, 2.05) is 0 Å². The van der Waals surface area contributed by atoms with Gasteiger partial charge in [0.15, 0.2) is 6.10 Å². The molecule has 1 fully saturated rings. The van der Waals surface area contributed by atoms with Crippen LogP contribution in [0.4, 0.5) is 0 Å². The minimum Gasteiger partial charge on any atom is -0.451 e. The number of ether oxygens (including phenoxy) is 1. The molecule has 0 aliphatic carbocycles. The number of hydrogen-bond donors (Lipinski definition) is 1. The summed E-state index contributed by atoms with van der Waals surface area (Å²) in [5, 5.41) is 2.72. The van der Waals surface area contributed by atoms with Crippen LogP contribution in [0.25, 0.3) is 0 Å². The number of amides is 1. The van der Waals surface area contributed by atoms with Crippen molar-refractivity contribution in [2.24, 2.45) is 10.3 Å². The lowest BCUT2D eigenvalue weighted by Crippen LogP contribution is -2.28. The summed E-state index contributed by atoms with van der Waals surface area (Å²) in [7, 11) is -3.94. The lowest BCUT2D eigenvalue weighted by molar-refractivity contribution is -0.124. The van der Waals surface area contributed by atoms with Crippen LogP contribution in [-0.2, 0) is 19.6 Å². The molecule has 1 atom stereocenters. The third kappa shape index (κ3) is 3.10. The molecule has 1 N–H and O–H groups in total. The van der Waals surface area contributed by atoms with Gasteiger partial charge in [0.1, 0.15) is 0 Å². The molecule has 8 heteroatoms. The summed E-state index contributed by atoms with van der Waals surface area (Å²) >= 11 is 5.69. The number of benzene rings is 1. The lowest BCUT2D eigenvalue weighted by Gasteiger charge is -2.09. The van der Waals surface area contributed by atoms with E-state index in [1.54, 1.807) is 13.8 Å². The van der Waals surface area contributed by atoms with Crippen molar-refractivity contribution in [3.05, 3.63) is 29.3 Å². The van der Waals surface area contributed by atoms with E-state index in [0.29, 0.717) is 5.02 Å².